The van der Waals surface area contributed by atoms with E-state index >= 15 is 0 Å². The number of allylic oxidation sites excluding steroid dienone is 2. The fourth-order valence-electron chi connectivity index (χ4n) is 5.07. The van der Waals surface area contributed by atoms with Crippen LogP contribution in [0.3, 0.4) is 0 Å². The van der Waals surface area contributed by atoms with Crippen LogP contribution in [0, 0.1) is 0 Å². The van der Waals surface area contributed by atoms with Crippen LogP contribution in [-0.2, 0) is 29.8 Å². The van der Waals surface area contributed by atoms with Crippen LogP contribution in [0.5, 0.6) is 0 Å². The number of furan rings is 1. The highest BCUT2D eigenvalue weighted by Crippen LogP contribution is 2.63. The number of carbonyl (C=O) groups excluding carboxylic acids is 2. The van der Waals surface area contributed by atoms with E-state index < -0.39 is 44.9 Å². The van der Waals surface area contributed by atoms with E-state index in [1.54, 1.807) is 12.1 Å². The van der Waals surface area contributed by atoms with Crippen molar-refractivity contribution in [2.45, 2.75) is 41.3 Å². The molecule has 4 atom stereocenters. The first-order valence-corrected chi connectivity index (χ1v) is 11.6. The number of carbonyl (C=O) groups is 2. The first-order valence-electron chi connectivity index (χ1n) is 9.69. The molecule has 32 heavy (non-hydrogen) atoms. The molecule has 2 aliphatic heterocycles. The summed E-state index contributed by atoms with van der Waals surface area (Å²) in [4.78, 5) is 49.2. The van der Waals surface area contributed by atoms with E-state index in [0.29, 0.717) is 5.57 Å². The molecular formula is C19H17BrCl2N4O6. The maximum absolute atomic E-state index is 13.4. The van der Waals surface area contributed by atoms with Gasteiger partial charge in [-0.15, -0.1) is 23.2 Å². The fraction of sp³-hybridized carbons (Fsp3) is 0.474. The number of aromatic nitrogens is 3. The van der Waals surface area contributed by atoms with Crippen LogP contribution in [0.15, 0.2) is 37.8 Å². The second-order valence-electron chi connectivity index (χ2n) is 8.04. The third kappa shape index (κ3) is 2.39. The molecule has 10 nitrogen and oxygen atoms in total. The highest BCUT2D eigenvalue weighted by atomic mass is 79.9. The Bertz CT molecular complexity index is 1320. The number of hydrogen-bond acceptors (Lipinski definition) is 6. The van der Waals surface area contributed by atoms with Gasteiger partial charge in [0.05, 0.1) is 24.0 Å². The molecule has 0 unspecified atom stereocenters. The van der Waals surface area contributed by atoms with Gasteiger partial charge in [-0.3, -0.25) is 14.5 Å². The van der Waals surface area contributed by atoms with Crippen molar-refractivity contribution >= 4 is 50.9 Å². The van der Waals surface area contributed by atoms with Crippen LogP contribution in [0.25, 0.3) is 0 Å². The first kappa shape index (κ1) is 21.7. The average molecular weight is 548 g/mol. The molecule has 3 aliphatic rings. The van der Waals surface area contributed by atoms with Crippen LogP contribution in [0.2, 0.25) is 0 Å². The van der Waals surface area contributed by atoms with E-state index in [9.17, 15) is 24.3 Å². The van der Waals surface area contributed by atoms with Crippen LogP contribution < -0.4 is 11.4 Å². The summed E-state index contributed by atoms with van der Waals surface area (Å²) in [7, 11) is 1.36. The lowest BCUT2D eigenvalue weighted by Crippen LogP contribution is -2.59. The summed E-state index contributed by atoms with van der Waals surface area (Å²) in [6, 6.07) is 2.28. The molecule has 0 radical (unpaired) electrons. The molecule has 1 saturated heterocycles. The quantitative estimate of drug-likeness (QED) is 0.262. The average Bonchev–Trinajstić information content (AvgIpc) is 3.37. The molecular weight excluding hydrogens is 531 g/mol. The lowest BCUT2D eigenvalue weighted by molar-refractivity contribution is -0.138. The number of rotatable bonds is 3. The molecule has 1 aliphatic carbocycles. The standard InChI is InChI=1S/C19H17BrCl2N4O6/c1-23-16(30)25-5-4-10-11(26(25)17(23)31)6-18(21)14(28)24(8-20)15(29)19(18,22)13(10)12-3-2-9(7-27)32-12/h2-4,11,13,27H,5-8H2,1H3/t11-,13-,18-,19+/m1/s1. The zero-order chi connectivity index (χ0) is 23.2. The largest absolute Gasteiger partial charge is 0.463 e. The molecule has 2 amide bonds. The summed E-state index contributed by atoms with van der Waals surface area (Å²) in [5.74, 6) is -1.94. The van der Waals surface area contributed by atoms with E-state index in [1.165, 1.54) is 22.5 Å². The number of aliphatic hydroxyl groups excluding tert-OH is 1. The minimum Gasteiger partial charge on any atom is -0.463 e. The Balaban J connectivity index is 1.80. The summed E-state index contributed by atoms with van der Waals surface area (Å²) in [6.07, 6.45) is 1.54. The van der Waals surface area contributed by atoms with Gasteiger partial charge in [-0.05, 0) is 17.7 Å². The lowest BCUT2D eigenvalue weighted by atomic mass is 9.65. The van der Waals surface area contributed by atoms with Crippen molar-refractivity contribution in [3.63, 3.8) is 0 Å². The van der Waals surface area contributed by atoms with E-state index in [-0.39, 0.29) is 36.5 Å². The number of aliphatic hydroxyl groups is 1. The molecule has 1 N–H and O–H groups in total. The van der Waals surface area contributed by atoms with Gasteiger partial charge >= 0.3 is 11.4 Å². The Labute approximate surface area is 198 Å². The highest BCUT2D eigenvalue weighted by molar-refractivity contribution is 9.09. The zero-order valence-electron chi connectivity index (χ0n) is 16.6. The number of amides is 2. The molecule has 0 spiro atoms. The second kappa shape index (κ2) is 6.96. The molecule has 13 heteroatoms. The van der Waals surface area contributed by atoms with Gasteiger partial charge in [-0.1, -0.05) is 22.0 Å². The Morgan fingerprint density at radius 1 is 1.19 bits per heavy atom. The van der Waals surface area contributed by atoms with Gasteiger partial charge in [0.2, 0.25) is 0 Å². The minimum atomic E-state index is -1.94. The van der Waals surface area contributed by atoms with E-state index in [2.05, 4.69) is 15.9 Å². The molecule has 5 rings (SSSR count). The van der Waals surface area contributed by atoms with Crippen LogP contribution >= 0.6 is 39.1 Å². The van der Waals surface area contributed by atoms with Gasteiger partial charge in [0.15, 0.2) is 9.75 Å². The third-order valence-corrected chi connectivity index (χ3v) is 8.51. The van der Waals surface area contributed by atoms with Gasteiger partial charge in [0.1, 0.15) is 18.1 Å². The molecule has 4 heterocycles. The molecule has 0 aromatic carbocycles. The number of imide groups is 1. The summed E-state index contributed by atoms with van der Waals surface area (Å²) < 4.78 is 9.24. The predicted octanol–water partition coefficient (Wildman–Crippen LogP) is 0.779. The van der Waals surface area contributed by atoms with Gasteiger partial charge < -0.3 is 9.52 Å². The summed E-state index contributed by atoms with van der Waals surface area (Å²) in [6.45, 7) is -0.314. The summed E-state index contributed by atoms with van der Waals surface area (Å²) in [5, 5.41) is 9.47. The smallest absolute Gasteiger partial charge is 0.347 e. The number of fused-ring (bicyclic) bond motifs is 4. The van der Waals surface area contributed by atoms with Crippen molar-refractivity contribution in [3.8, 4) is 0 Å². The SMILES string of the molecule is Cn1c(=O)n2n(c1=O)[C@@H]1C[C@@]3(Cl)C(=O)N(CBr)C(=O)[C@@]3(Cl)[C@@H](c3ccc(CO)o3)C1=CC2. The number of halogens is 3. The second-order valence-corrected chi connectivity index (χ2v) is 9.78. The Morgan fingerprint density at radius 3 is 2.53 bits per heavy atom. The van der Waals surface area contributed by atoms with Crippen molar-refractivity contribution in [1.29, 1.82) is 0 Å². The van der Waals surface area contributed by atoms with Crippen LogP contribution in [-0.4, -0.2) is 51.0 Å². The fourth-order valence-corrected chi connectivity index (χ4v) is 6.46. The highest BCUT2D eigenvalue weighted by Gasteiger charge is 2.75. The molecule has 2 fully saturated rings. The number of hydrogen-bond donors (Lipinski definition) is 1. The normalized spacial score (nSPS) is 31.4. The van der Waals surface area contributed by atoms with Gasteiger partial charge in [-0.25, -0.2) is 23.5 Å². The Kier molecular flexibility index (Phi) is 4.73. The molecule has 170 valence electrons. The van der Waals surface area contributed by atoms with Crippen molar-refractivity contribution < 1.29 is 19.1 Å². The Hall–Kier alpha value is -2.08. The molecule has 1 saturated carbocycles. The van der Waals surface area contributed by atoms with Gasteiger partial charge in [0.25, 0.3) is 11.8 Å². The van der Waals surface area contributed by atoms with Gasteiger partial charge in [0, 0.05) is 13.5 Å². The first-order chi connectivity index (χ1) is 15.1. The lowest BCUT2D eigenvalue weighted by Gasteiger charge is -2.48. The van der Waals surface area contributed by atoms with E-state index in [1.807, 2.05) is 0 Å². The predicted molar refractivity (Wildman–Crippen MR) is 116 cm³/mol. The molecule has 2 aromatic heterocycles. The maximum Gasteiger partial charge on any atom is 0.347 e. The number of alkyl halides is 3. The summed E-state index contributed by atoms with van der Waals surface area (Å²) in [5.41, 5.74) is -0.651. The van der Waals surface area contributed by atoms with Crippen molar-refractivity contribution in [2.24, 2.45) is 7.05 Å². The molecule has 0 bridgehead atoms. The molecule has 2 aromatic rings. The van der Waals surface area contributed by atoms with Crippen molar-refractivity contribution in [3.05, 3.63) is 56.3 Å². The minimum absolute atomic E-state index is 0.0668. The van der Waals surface area contributed by atoms with Gasteiger partial charge in [-0.2, -0.15) is 0 Å². The third-order valence-electron chi connectivity index (χ3n) is 6.60. The van der Waals surface area contributed by atoms with Crippen molar-refractivity contribution in [2.75, 3.05) is 5.45 Å². The monoisotopic (exact) mass is 546 g/mol. The maximum atomic E-state index is 13.4. The topological polar surface area (TPSA) is 120 Å². The van der Waals surface area contributed by atoms with Crippen molar-refractivity contribution in [1.82, 2.24) is 18.8 Å². The number of nitrogens with zero attached hydrogens (tertiary/aromatic N) is 4. The van der Waals surface area contributed by atoms with Crippen LogP contribution in [0.4, 0.5) is 0 Å². The zero-order valence-corrected chi connectivity index (χ0v) is 19.7. The van der Waals surface area contributed by atoms with E-state index in [4.69, 9.17) is 27.6 Å². The van der Waals surface area contributed by atoms with Crippen LogP contribution in [0.1, 0.15) is 29.9 Å². The van der Waals surface area contributed by atoms with E-state index in [0.717, 1.165) is 9.47 Å². The number of likely N-dealkylation sites (tertiary alicyclic amines) is 1. The summed E-state index contributed by atoms with van der Waals surface area (Å²) >= 11 is 17.1. The Morgan fingerprint density at radius 2 is 1.91 bits per heavy atom.